The minimum absolute atomic E-state index is 0.00987. The third kappa shape index (κ3) is 3.35. The van der Waals surface area contributed by atoms with E-state index in [0.29, 0.717) is 11.3 Å². The number of ketones is 1. The number of imidazole rings is 1. The van der Waals surface area contributed by atoms with E-state index in [9.17, 15) is 4.79 Å². The predicted octanol–water partition coefficient (Wildman–Crippen LogP) is 3.48. The number of halogens is 1. The summed E-state index contributed by atoms with van der Waals surface area (Å²) in [7, 11) is 1.93. The number of aromatic nitrogens is 2. The van der Waals surface area contributed by atoms with Gasteiger partial charge < -0.3 is 5.32 Å². The minimum Gasteiger partial charge on any atom is -0.320 e. The second-order valence-corrected chi connectivity index (χ2v) is 6.29. The molecule has 23 heavy (non-hydrogen) atoms. The van der Waals surface area contributed by atoms with Gasteiger partial charge in [0.1, 0.15) is 11.3 Å². The summed E-state index contributed by atoms with van der Waals surface area (Å²) in [4.78, 5) is 17.6. The van der Waals surface area contributed by atoms with Gasteiger partial charge in [0.2, 0.25) is 5.78 Å². The molecule has 4 nitrogen and oxygen atoms in total. The van der Waals surface area contributed by atoms with Gasteiger partial charge in [0, 0.05) is 16.2 Å². The predicted molar refractivity (Wildman–Crippen MR) is 95.0 cm³/mol. The summed E-state index contributed by atoms with van der Waals surface area (Å²) in [6, 6.07) is 13.2. The maximum atomic E-state index is 13.0. The Balaban J connectivity index is 2.04. The molecule has 0 amide bonds. The van der Waals surface area contributed by atoms with Crippen LogP contribution in [0.4, 0.5) is 0 Å². The Hall–Kier alpha value is -1.98. The van der Waals surface area contributed by atoms with Crippen LogP contribution in [-0.2, 0) is 6.42 Å². The summed E-state index contributed by atoms with van der Waals surface area (Å²) in [6.45, 7) is 0.903. The van der Waals surface area contributed by atoms with Gasteiger partial charge in [-0.3, -0.25) is 9.20 Å². The van der Waals surface area contributed by atoms with Crippen molar-refractivity contribution in [2.75, 3.05) is 13.6 Å². The highest BCUT2D eigenvalue weighted by atomic mass is 79.9. The third-order valence-electron chi connectivity index (χ3n) is 3.76. The molecule has 0 saturated heterocycles. The van der Waals surface area contributed by atoms with Crippen LogP contribution in [0.3, 0.4) is 0 Å². The molecule has 0 bridgehead atoms. The number of pyridine rings is 1. The number of carbonyl (C=O) groups excluding carboxylic acids is 1. The van der Waals surface area contributed by atoms with Gasteiger partial charge in [0.15, 0.2) is 0 Å². The number of hydrogen-bond donors (Lipinski definition) is 1. The van der Waals surface area contributed by atoms with Crippen LogP contribution >= 0.6 is 15.9 Å². The Morgan fingerprint density at radius 1 is 1.22 bits per heavy atom. The zero-order chi connectivity index (χ0) is 16.2. The number of carbonyl (C=O) groups is 1. The number of benzene rings is 1. The maximum Gasteiger partial charge on any atom is 0.211 e. The van der Waals surface area contributed by atoms with E-state index in [-0.39, 0.29) is 5.78 Å². The fourth-order valence-corrected chi connectivity index (χ4v) is 2.89. The second kappa shape index (κ2) is 7.06. The van der Waals surface area contributed by atoms with E-state index >= 15 is 0 Å². The molecule has 0 spiro atoms. The first-order valence-electron chi connectivity index (χ1n) is 7.61. The summed E-state index contributed by atoms with van der Waals surface area (Å²) in [5, 5.41) is 3.13. The van der Waals surface area contributed by atoms with Gasteiger partial charge in [-0.05, 0) is 62.8 Å². The summed E-state index contributed by atoms with van der Waals surface area (Å²) < 4.78 is 2.85. The highest BCUT2D eigenvalue weighted by Gasteiger charge is 2.20. The molecule has 0 aliphatic rings. The van der Waals surface area contributed by atoms with E-state index in [1.165, 1.54) is 0 Å². The molecule has 0 saturated carbocycles. The van der Waals surface area contributed by atoms with Crippen molar-refractivity contribution in [2.45, 2.75) is 12.8 Å². The lowest BCUT2D eigenvalue weighted by molar-refractivity contribution is 0.103. The van der Waals surface area contributed by atoms with Crippen molar-refractivity contribution in [3.8, 4) is 0 Å². The topological polar surface area (TPSA) is 46.4 Å². The lowest BCUT2D eigenvalue weighted by Crippen LogP contribution is -2.11. The van der Waals surface area contributed by atoms with E-state index in [1.807, 2.05) is 60.1 Å². The van der Waals surface area contributed by atoms with Crippen LogP contribution in [0.15, 0.2) is 53.1 Å². The molecule has 2 heterocycles. The van der Waals surface area contributed by atoms with Crippen LogP contribution in [0.1, 0.15) is 28.2 Å². The first-order chi connectivity index (χ1) is 11.2. The van der Waals surface area contributed by atoms with Crippen molar-refractivity contribution in [2.24, 2.45) is 0 Å². The quantitative estimate of drug-likeness (QED) is 0.532. The molecular weight excluding hydrogens is 354 g/mol. The monoisotopic (exact) mass is 371 g/mol. The van der Waals surface area contributed by atoms with Crippen molar-refractivity contribution in [3.05, 3.63) is 70.1 Å². The SMILES string of the molecule is CNCCCc1nc2ccccn2c1C(=O)c1ccc(Br)cc1. The average molecular weight is 372 g/mol. The van der Waals surface area contributed by atoms with E-state index in [2.05, 4.69) is 26.2 Å². The van der Waals surface area contributed by atoms with Gasteiger partial charge in [-0.1, -0.05) is 22.0 Å². The lowest BCUT2D eigenvalue weighted by atomic mass is 10.0. The van der Waals surface area contributed by atoms with Crippen LogP contribution in [0.25, 0.3) is 5.65 Å². The number of nitrogens with zero attached hydrogens (tertiary/aromatic N) is 2. The summed E-state index contributed by atoms with van der Waals surface area (Å²) in [5.41, 5.74) is 3.01. The summed E-state index contributed by atoms with van der Waals surface area (Å²) in [6.07, 6.45) is 3.62. The first-order valence-corrected chi connectivity index (χ1v) is 8.41. The van der Waals surface area contributed by atoms with Crippen LogP contribution < -0.4 is 5.32 Å². The molecule has 0 aliphatic heterocycles. The molecule has 0 atom stereocenters. The smallest absolute Gasteiger partial charge is 0.211 e. The molecule has 3 aromatic rings. The van der Waals surface area contributed by atoms with E-state index in [1.54, 1.807) is 0 Å². The molecule has 118 valence electrons. The Bertz CT molecular complexity index is 824. The normalized spacial score (nSPS) is 11.0. The van der Waals surface area contributed by atoms with Crippen molar-refractivity contribution in [1.29, 1.82) is 0 Å². The molecule has 2 aromatic heterocycles. The van der Waals surface area contributed by atoms with Crippen LogP contribution in [0.2, 0.25) is 0 Å². The van der Waals surface area contributed by atoms with Gasteiger partial charge in [0.05, 0.1) is 5.69 Å². The Labute approximate surface area is 143 Å². The van der Waals surface area contributed by atoms with Gasteiger partial charge in [-0.15, -0.1) is 0 Å². The van der Waals surface area contributed by atoms with E-state index in [0.717, 1.165) is 35.2 Å². The van der Waals surface area contributed by atoms with Crippen LogP contribution in [0, 0.1) is 0 Å². The number of nitrogens with one attached hydrogen (secondary N) is 1. The second-order valence-electron chi connectivity index (χ2n) is 5.38. The fourth-order valence-electron chi connectivity index (χ4n) is 2.63. The zero-order valence-electron chi connectivity index (χ0n) is 12.9. The number of fused-ring (bicyclic) bond motifs is 1. The standard InChI is InChI=1S/C18H18BrN3O/c1-20-11-4-5-15-17(22-12-3-2-6-16(22)21-15)18(23)13-7-9-14(19)10-8-13/h2-3,6-10,12,20H,4-5,11H2,1H3. The molecule has 0 unspecified atom stereocenters. The van der Waals surface area contributed by atoms with E-state index in [4.69, 9.17) is 0 Å². The van der Waals surface area contributed by atoms with Gasteiger partial charge in [0.25, 0.3) is 0 Å². The molecule has 5 heteroatoms. The van der Waals surface area contributed by atoms with Crippen molar-refractivity contribution >= 4 is 27.4 Å². The number of aryl methyl sites for hydroxylation is 1. The molecule has 0 aliphatic carbocycles. The van der Waals surface area contributed by atoms with Crippen molar-refractivity contribution in [1.82, 2.24) is 14.7 Å². The van der Waals surface area contributed by atoms with Crippen LogP contribution in [0.5, 0.6) is 0 Å². The minimum atomic E-state index is 0.00987. The fraction of sp³-hybridized carbons (Fsp3) is 0.222. The molecule has 1 aromatic carbocycles. The Kier molecular flexibility index (Phi) is 4.88. The van der Waals surface area contributed by atoms with Crippen molar-refractivity contribution in [3.63, 3.8) is 0 Å². The summed E-state index contributed by atoms with van der Waals surface area (Å²) >= 11 is 3.40. The largest absolute Gasteiger partial charge is 0.320 e. The van der Waals surface area contributed by atoms with Gasteiger partial charge >= 0.3 is 0 Å². The van der Waals surface area contributed by atoms with E-state index < -0.39 is 0 Å². The number of rotatable bonds is 6. The summed E-state index contributed by atoms with van der Waals surface area (Å²) in [5.74, 6) is 0.00987. The highest BCUT2D eigenvalue weighted by Crippen LogP contribution is 2.20. The van der Waals surface area contributed by atoms with Crippen molar-refractivity contribution < 1.29 is 4.79 Å². The molecule has 1 N–H and O–H groups in total. The third-order valence-corrected chi connectivity index (χ3v) is 4.29. The molecule has 0 fully saturated rings. The highest BCUT2D eigenvalue weighted by molar-refractivity contribution is 9.10. The van der Waals surface area contributed by atoms with Gasteiger partial charge in [-0.25, -0.2) is 4.98 Å². The Morgan fingerprint density at radius 2 is 2.00 bits per heavy atom. The maximum absolute atomic E-state index is 13.0. The number of hydrogen-bond acceptors (Lipinski definition) is 3. The zero-order valence-corrected chi connectivity index (χ0v) is 14.5. The molecular formula is C18H18BrN3O. The lowest BCUT2D eigenvalue weighted by Gasteiger charge is -2.05. The Morgan fingerprint density at radius 3 is 2.74 bits per heavy atom. The van der Waals surface area contributed by atoms with Gasteiger partial charge in [-0.2, -0.15) is 0 Å². The molecule has 3 rings (SSSR count). The first kappa shape index (κ1) is 15.9. The average Bonchev–Trinajstić information content (AvgIpc) is 2.93. The van der Waals surface area contributed by atoms with Crippen LogP contribution in [-0.4, -0.2) is 28.8 Å². The molecule has 0 radical (unpaired) electrons.